The number of hydrogen-bond donors (Lipinski definition) is 1. The minimum Gasteiger partial charge on any atom is -0.480 e. The lowest BCUT2D eigenvalue weighted by Gasteiger charge is -2.20. The van der Waals surface area contributed by atoms with Gasteiger partial charge in [0.2, 0.25) is 0 Å². The van der Waals surface area contributed by atoms with Crippen LogP contribution in [0, 0.1) is 6.92 Å². The molecule has 0 aliphatic carbocycles. The van der Waals surface area contributed by atoms with Crippen LogP contribution < -0.4 is 0 Å². The largest absolute Gasteiger partial charge is 0.480 e. The summed E-state index contributed by atoms with van der Waals surface area (Å²) in [6.07, 6.45) is 1.47. The fraction of sp³-hybridized carbons (Fsp3) is 0.444. The Hall–Kier alpha value is -1.43. The number of aromatic nitrogens is 1. The molecular weight excluding hydrogens is 216 g/mol. The van der Waals surface area contributed by atoms with Gasteiger partial charge in [0.05, 0.1) is 11.2 Å². The van der Waals surface area contributed by atoms with Crippen LogP contribution in [0.1, 0.15) is 21.6 Å². The highest BCUT2D eigenvalue weighted by molar-refractivity contribution is 7.13. The van der Waals surface area contributed by atoms with E-state index in [9.17, 15) is 9.59 Å². The maximum absolute atomic E-state index is 11.7. The summed E-state index contributed by atoms with van der Waals surface area (Å²) in [6, 6.07) is -0.833. The molecule has 15 heavy (non-hydrogen) atoms. The van der Waals surface area contributed by atoms with Crippen molar-refractivity contribution in [2.45, 2.75) is 19.9 Å². The molecule has 1 aromatic rings. The third kappa shape index (κ3) is 2.53. The van der Waals surface area contributed by atoms with E-state index < -0.39 is 12.0 Å². The van der Waals surface area contributed by atoms with E-state index in [2.05, 4.69) is 4.98 Å². The van der Waals surface area contributed by atoms with Gasteiger partial charge in [-0.3, -0.25) is 4.79 Å². The van der Waals surface area contributed by atoms with Crippen LogP contribution in [0.3, 0.4) is 0 Å². The average Bonchev–Trinajstić information content (AvgIpc) is 2.61. The molecule has 1 heterocycles. The van der Waals surface area contributed by atoms with Gasteiger partial charge in [-0.25, -0.2) is 9.78 Å². The van der Waals surface area contributed by atoms with Gasteiger partial charge in [0.25, 0.3) is 5.91 Å². The second-order valence-electron chi connectivity index (χ2n) is 3.17. The van der Waals surface area contributed by atoms with Gasteiger partial charge < -0.3 is 10.0 Å². The molecule has 0 aromatic carbocycles. The zero-order valence-corrected chi connectivity index (χ0v) is 9.54. The summed E-state index contributed by atoms with van der Waals surface area (Å²) < 4.78 is 0. The Balaban J connectivity index is 2.81. The predicted molar refractivity (Wildman–Crippen MR) is 56.0 cm³/mol. The molecule has 0 bridgehead atoms. The molecule has 0 aliphatic heterocycles. The third-order valence-corrected chi connectivity index (χ3v) is 2.99. The number of carboxylic acids is 1. The predicted octanol–water partition coefficient (Wildman–Crippen LogP) is 0.997. The first-order valence-corrected chi connectivity index (χ1v) is 5.17. The van der Waals surface area contributed by atoms with Crippen molar-refractivity contribution in [3.63, 3.8) is 0 Å². The average molecular weight is 228 g/mol. The van der Waals surface area contributed by atoms with Gasteiger partial charge in [-0.05, 0) is 13.8 Å². The summed E-state index contributed by atoms with van der Waals surface area (Å²) in [4.78, 5) is 28.0. The molecule has 1 rings (SSSR count). The molecule has 0 saturated heterocycles. The molecule has 1 atom stereocenters. The molecular formula is C9H12N2O3S. The number of amides is 1. The Morgan fingerprint density at radius 1 is 1.60 bits per heavy atom. The standard InChI is InChI=1S/C9H12N2O3S/c1-5(9(13)14)11(3)8(12)7-4-10-6(2)15-7/h4-5H,1-3H3,(H,13,14). The SMILES string of the molecule is Cc1ncc(C(=O)N(C)C(C)C(=O)O)s1. The van der Waals surface area contributed by atoms with Crippen LogP contribution in [-0.4, -0.2) is 40.0 Å². The van der Waals surface area contributed by atoms with E-state index in [0.29, 0.717) is 4.88 Å². The first-order chi connectivity index (χ1) is 6.93. The molecule has 0 saturated carbocycles. The van der Waals surface area contributed by atoms with E-state index in [1.54, 1.807) is 6.92 Å². The minimum absolute atomic E-state index is 0.310. The van der Waals surface area contributed by atoms with Gasteiger partial charge in [-0.1, -0.05) is 0 Å². The van der Waals surface area contributed by atoms with Crippen molar-refractivity contribution in [2.75, 3.05) is 7.05 Å². The molecule has 1 N–H and O–H groups in total. The number of aliphatic carboxylic acids is 1. The highest BCUT2D eigenvalue weighted by Gasteiger charge is 2.23. The van der Waals surface area contributed by atoms with Gasteiger partial charge in [-0.2, -0.15) is 0 Å². The van der Waals surface area contributed by atoms with E-state index >= 15 is 0 Å². The number of carbonyl (C=O) groups is 2. The molecule has 0 radical (unpaired) electrons. The quantitative estimate of drug-likeness (QED) is 0.837. The zero-order chi connectivity index (χ0) is 11.6. The Bertz CT molecular complexity index is 388. The van der Waals surface area contributed by atoms with E-state index in [1.165, 1.54) is 36.4 Å². The monoisotopic (exact) mass is 228 g/mol. The summed E-state index contributed by atoms with van der Waals surface area (Å²) in [7, 11) is 1.47. The minimum atomic E-state index is -1.02. The summed E-state index contributed by atoms with van der Waals surface area (Å²) in [5.74, 6) is -1.33. The van der Waals surface area contributed by atoms with Crippen molar-refractivity contribution < 1.29 is 14.7 Å². The fourth-order valence-electron chi connectivity index (χ4n) is 0.976. The van der Waals surface area contributed by atoms with Crippen LogP contribution >= 0.6 is 11.3 Å². The highest BCUT2D eigenvalue weighted by atomic mass is 32.1. The van der Waals surface area contributed by atoms with E-state index in [0.717, 1.165) is 5.01 Å². The van der Waals surface area contributed by atoms with Gasteiger partial charge >= 0.3 is 5.97 Å². The molecule has 82 valence electrons. The number of carboxylic acid groups (broad SMARTS) is 1. The summed E-state index contributed by atoms with van der Waals surface area (Å²) in [6.45, 7) is 3.26. The number of likely N-dealkylation sites (N-methyl/N-ethyl adjacent to an activating group) is 1. The second kappa shape index (κ2) is 4.39. The fourth-order valence-corrected chi connectivity index (χ4v) is 1.74. The normalized spacial score (nSPS) is 12.2. The molecule has 1 unspecified atom stereocenters. The van der Waals surface area contributed by atoms with Crippen molar-refractivity contribution in [3.05, 3.63) is 16.1 Å². The Morgan fingerprint density at radius 2 is 2.20 bits per heavy atom. The lowest BCUT2D eigenvalue weighted by atomic mass is 10.3. The first kappa shape index (κ1) is 11.6. The Labute approximate surface area is 91.4 Å². The summed E-state index contributed by atoms with van der Waals surface area (Å²) in [5.41, 5.74) is 0. The van der Waals surface area contributed by atoms with Crippen molar-refractivity contribution in [3.8, 4) is 0 Å². The topological polar surface area (TPSA) is 70.5 Å². The third-order valence-electron chi connectivity index (χ3n) is 2.09. The number of hydrogen-bond acceptors (Lipinski definition) is 4. The zero-order valence-electron chi connectivity index (χ0n) is 8.72. The second-order valence-corrected chi connectivity index (χ2v) is 4.41. The molecule has 6 heteroatoms. The smallest absolute Gasteiger partial charge is 0.326 e. The Kier molecular flexibility index (Phi) is 3.41. The number of aryl methyl sites for hydroxylation is 1. The van der Waals surface area contributed by atoms with Crippen molar-refractivity contribution in [2.24, 2.45) is 0 Å². The van der Waals surface area contributed by atoms with Crippen molar-refractivity contribution in [1.82, 2.24) is 9.88 Å². The molecule has 1 amide bonds. The molecule has 1 aromatic heterocycles. The number of carbonyl (C=O) groups excluding carboxylic acids is 1. The number of nitrogens with zero attached hydrogens (tertiary/aromatic N) is 2. The summed E-state index contributed by atoms with van der Waals surface area (Å²) >= 11 is 1.26. The van der Waals surface area contributed by atoms with E-state index in [1.807, 2.05) is 0 Å². The lowest BCUT2D eigenvalue weighted by Crippen LogP contribution is -2.39. The number of rotatable bonds is 3. The maximum Gasteiger partial charge on any atom is 0.326 e. The number of thiazole rings is 1. The van der Waals surface area contributed by atoms with Crippen LogP contribution in [0.25, 0.3) is 0 Å². The van der Waals surface area contributed by atoms with Gasteiger partial charge in [0.1, 0.15) is 10.9 Å². The van der Waals surface area contributed by atoms with Crippen molar-refractivity contribution >= 4 is 23.2 Å². The van der Waals surface area contributed by atoms with Crippen LogP contribution in [0.2, 0.25) is 0 Å². The van der Waals surface area contributed by atoms with E-state index in [4.69, 9.17) is 5.11 Å². The Morgan fingerprint density at radius 3 is 2.60 bits per heavy atom. The molecule has 0 spiro atoms. The van der Waals surface area contributed by atoms with Crippen molar-refractivity contribution in [1.29, 1.82) is 0 Å². The van der Waals surface area contributed by atoms with Crippen LogP contribution in [-0.2, 0) is 4.79 Å². The van der Waals surface area contributed by atoms with Gasteiger partial charge in [0.15, 0.2) is 0 Å². The van der Waals surface area contributed by atoms with Crippen LogP contribution in [0.4, 0.5) is 0 Å². The maximum atomic E-state index is 11.7. The molecule has 0 aliphatic rings. The highest BCUT2D eigenvalue weighted by Crippen LogP contribution is 2.14. The van der Waals surface area contributed by atoms with Crippen LogP contribution in [0.15, 0.2) is 6.20 Å². The molecule has 0 fully saturated rings. The van der Waals surface area contributed by atoms with Gasteiger partial charge in [-0.15, -0.1) is 11.3 Å². The van der Waals surface area contributed by atoms with E-state index in [-0.39, 0.29) is 5.91 Å². The summed E-state index contributed by atoms with van der Waals surface area (Å²) in [5, 5.41) is 9.53. The first-order valence-electron chi connectivity index (χ1n) is 4.36. The lowest BCUT2D eigenvalue weighted by molar-refractivity contribution is -0.141. The van der Waals surface area contributed by atoms with Gasteiger partial charge in [0, 0.05) is 7.05 Å². The van der Waals surface area contributed by atoms with Crippen LogP contribution in [0.5, 0.6) is 0 Å². The molecule has 5 nitrogen and oxygen atoms in total.